The van der Waals surface area contributed by atoms with Crippen LogP contribution in [0.3, 0.4) is 0 Å². The molecule has 1 saturated carbocycles. The summed E-state index contributed by atoms with van der Waals surface area (Å²) >= 11 is 0. The van der Waals surface area contributed by atoms with Crippen LogP contribution >= 0.6 is 0 Å². The molecule has 76 valence electrons. The summed E-state index contributed by atoms with van der Waals surface area (Å²) in [5.41, 5.74) is 5.90. The molecule has 1 aromatic carbocycles. The number of rotatable bonds is 4. The van der Waals surface area contributed by atoms with E-state index in [0.29, 0.717) is 11.5 Å². The van der Waals surface area contributed by atoms with E-state index in [1.54, 1.807) is 12.1 Å². The lowest BCUT2D eigenvalue weighted by Gasteiger charge is -2.07. The van der Waals surface area contributed by atoms with E-state index >= 15 is 0 Å². The molecule has 1 aliphatic rings. The van der Waals surface area contributed by atoms with Crippen LogP contribution in [0.25, 0.3) is 0 Å². The van der Waals surface area contributed by atoms with Crippen molar-refractivity contribution < 1.29 is 9.13 Å². The normalized spacial score (nSPS) is 15.6. The summed E-state index contributed by atoms with van der Waals surface area (Å²) in [5, 5.41) is 0. The van der Waals surface area contributed by atoms with Crippen LogP contribution in [-0.2, 0) is 6.54 Å². The van der Waals surface area contributed by atoms with E-state index in [2.05, 4.69) is 0 Å². The maximum atomic E-state index is 13.0. The van der Waals surface area contributed by atoms with E-state index < -0.39 is 0 Å². The van der Waals surface area contributed by atoms with Gasteiger partial charge >= 0.3 is 0 Å². The van der Waals surface area contributed by atoms with Gasteiger partial charge in [-0.25, -0.2) is 4.39 Å². The van der Waals surface area contributed by atoms with Crippen LogP contribution in [0.5, 0.6) is 5.75 Å². The van der Waals surface area contributed by atoms with Gasteiger partial charge in [0.25, 0.3) is 0 Å². The average Bonchev–Trinajstić information content (AvgIpc) is 3.00. The van der Waals surface area contributed by atoms with Crippen LogP contribution < -0.4 is 10.5 Å². The number of ether oxygens (including phenoxy) is 1. The fourth-order valence-electron chi connectivity index (χ4n) is 1.30. The lowest BCUT2D eigenvalue weighted by atomic mass is 10.2. The predicted octanol–water partition coefficient (Wildman–Crippen LogP) is 2.07. The van der Waals surface area contributed by atoms with Crippen molar-refractivity contribution in [2.24, 2.45) is 11.7 Å². The Morgan fingerprint density at radius 1 is 1.43 bits per heavy atom. The fourth-order valence-corrected chi connectivity index (χ4v) is 1.30. The monoisotopic (exact) mass is 195 g/mol. The van der Waals surface area contributed by atoms with Crippen molar-refractivity contribution >= 4 is 0 Å². The minimum absolute atomic E-state index is 0.215. The summed E-state index contributed by atoms with van der Waals surface area (Å²) in [6.07, 6.45) is 2.51. The molecule has 0 aliphatic heterocycles. The van der Waals surface area contributed by atoms with Crippen molar-refractivity contribution in [1.82, 2.24) is 0 Å². The molecule has 0 aromatic heterocycles. The van der Waals surface area contributed by atoms with E-state index in [9.17, 15) is 4.39 Å². The second-order valence-electron chi connectivity index (χ2n) is 3.71. The molecule has 2 nitrogen and oxygen atoms in total. The van der Waals surface area contributed by atoms with Crippen molar-refractivity contribution in [3.05, 3.63) is 29.6 Å². The highest BCUT2D eigenvalue weighted by Gasteiger charge is 2.21. The Morgan fingerprint density at radius 2 is 2.21 bits per heavy atom. The summed E-state index contributed by atoms with van der Waals surface area (Å²) in [7, 11) is 0. The van der Waals surface area contributed by atoms with Crippen LogP contribution in [0.2, 0.25) is 0 Å². The average molecular weight is 195 g/mol. The maximum absolute atomic E-state index is 13.0. The molecule has 1 aromatic rings. The molecule has 14 heavy (non-hydrogen) atoms. The molecule has 1 aliphatic carbocycles. The van der Waals surface area contributed by atoms with Crippen molar-refractivity contribution in [2.75, 3.05) is 6.61 Å². The van der Waals surface area contributed by atoms with E-state index in [1.165, 1.54) is 18.9 Å². The zero-order chi connectivity index (χ0) is 9.97. The molecular weight excluding hydrogens is 181 g/mol. The predicted molar refractivity (Wildman–Crippen MR) is 52.5 cm³/mol. The quantitative estimate of drug-likeness (QED) is 0.798. The molecule has 2 N–H and O–H groups in total. The van der Waals surface area contributed by atoms with Crippen LogP contribution in [-0.4, -0.2) is 6.61 Å². The Kier molecular flexibility index (Phi) is 2.68. The Bertz CT molecular complexity index is 323. The molecule has 0 amide bonds. The maximum Gasteiger partial charge on any atom is 0.127 e. The van der Waals surface area contributed by atoms with E-state index in [1.807, 2.05) is 0 Å². The summed E-state index contributed by atoms with van der Waals surface area (Å²) < 4.78 is 18.6. The number of benzene rings is 1. The van der Waals surface area contributed by atoms with Crippen molar-refractivity contribution in [1.29, 1.82) is 0 Å². The summed E-state index contributed by atoms with van der Waals surface area (Å²) in [6, 6.07) is 4.74. The largest absolute Gasteiger partial charge is 0.493 e. The Labute approximate surface area is 82.9 Å². The molecule has 0 spiro atoms. The van der Waals surface area contributed by atoms with Gasteiger partial charge in [0.1, 0.15) is 11.6 Å². The number of hydrogen-bond acceptors (Lipinski definition) is 2. The third kappa shape index (κ3) is 2.23. The minimum Gasteiger partial charge on any atom is -0.493 e. The topological polar surface area (TPSA) is 35.2 Å². The molecule has 0 heterocycles. The van der Waals surface area contributed by atoms with Gasteiger partial charge < -0.3 is 10.5 Å². The molecule has 0 atom stereocenters. The van der Waals surface area contributed by atoms with Gasteiger partial charge in [-0.2, -0.15) is 0 Å². The number of hydrogen-bond donors (Lipinski definition) is 1. The lowest BCUT2D eigenvalue weighted by Crippen LogP contribution is -2.03. The Balaban J connectivity index is 2.01. The summed E-state index contributed by atoms with van der Waals surface area (Å²) in [5.74, 6) is 1.17. The molecule has 0 saturated heterocycles. The highest BCUT2D eigenvalue weighted by molar-refractivity contribution is 5.29. The van der Waals surface area contributed by atoms with Crippen molar-refractivity contribution in [3.63, 3.8) is 0 Å². The highest BCUT2D eigenvalue weighted by atomic mass is 19.1. The van der Waals surface area contributed by atoms with Crippen LogP contribution in [0.4, 0.5) is 4.39 Å². The van der Waals surface area contributed by atoms with Gasteiger partial charge in [-0.3, -0.25) is 0 Å². The number of nitrogens with two attached hydrogens (primary N) is 1. The van der Waals surface area contributed by atoms with E-state index in [4.69, 9.17) is 10.5 Å². The number of halogens is 1. The summed E-state index contributed by atoms with van der Waals surface area (Å²) in [6.45, 7) is 0.960. The Hall–Kier alpha value is -1.09. The minimum atomic E-state index is -0.258. The molecule has 2 rings (SSSR count). The Morgan fingerprint density at radius 3 is 2.86 bits per heavy atom. The molecule has 0 unspecified atom stereocenters. The van der Waals surface area contributed by atoms with Gasteiger partial charge in [0, 0.05) is 12.1 Å². The van der Waals surface area contributed by atoms with Crippen molar-refractivity contribution in [2.45, 2.75) is 19.4 Å². The molecule has 0 bridgehead atoms. The smallest absolute Gasteiger partial charge is 0.127 e. The molecule has 3 heteroatoms. The SMILES string of the molecule is NCc1cc(OCC2CC2)ccc1F. The second kappa shape index (κ2) is 3.96. The van der Waals surface area contributed by atoms with Gasteiger partial charge in [-0.15, -0.1) is 0 Å². The zero-order valence-corrected chi connectivity index (χ0v) is 8.00. The van der Waals surface area contributed by atoms with Gasteiger partial charge in [-0.1, -0.05) is 0 Å². The molecule has 1 fully saturated rings. The van der Waals surface area contributed by atoms with Crippen LogP contribution in [0.1, 0.15) is 18.4 Å². The first-order chi connectivity index (χ1) is 6.79. The van der Waals surface area contributed by atoms with Gasteiger partial charge in [0.05, 0.1) is 6.61 Å². The van der Waals surface area contributed by atoms with Crippen molar-refractivity contribution in [3.8, 4) is 5.75 Å². The lowest BCUT2D eigenvalue weighted by molar-refractivity contribution is 0.299. The van der Waals surface area contributed by atoms with Crippen LogP contribution in [0, 0.1) is 11.7 Å². The third-order valence-electron chi connectivity index (χ3n) is 2.42. The fraction of sp³-hybridized carbons (Fsp3) is 0.455. The molecular formula is C11H14FNO. The van der Waals surface area contributed by atoms with Gasteiger partial charge in [0.2, 0.25) is 0 Å². The van der Waals surface area contributed by atoms with E-state index in [-0.39, 0.29) is 12.4 Å². The van der Waals surface area contributed by atoms with Gasteiger partial charge in [-0.05, 0) is 37.0 Å². The standard InChI is InChI=1S/C11H14FNO/c12-11-4-3-10(5-9(11)6-13)14-7-8-1-2-8/h3-5,8H,1-2,6-7,13H2. The highest BCUT2D eigenvalue weighted by Crippen LogP contribution is 2.29. The van der Waals surface area contributed by atoms with Crippen LogP contribution in [0.15, 0.2) is 18.2 Å². The third-order valence-corrected chi connectivity index (χ3v) is 2.42. The molecule has 0 radical (unpaired) electrons. The first-order valence-corrected chi connectivity index (χ1v) is 4.91. The van der Waals surface area contributed by atoms with E-state index in [0.717, 1.165) is 12.4 Å². The first kappa shape index (κ1) is 9.46. The van der Waals surface area contributed by atoms with Gasteiger partial charge in [0.15, 0.2) is 0 Å². The first-order valence-electron chi connectivity index (χ1n) is 4.91. The zero-order valence-electron chi connectivity index (χ0n) is 8.00. The second-order valence-corrected chi connectivity index (χ2v) is 3.71. The summed E-state index contributed by atoms with van der Waals surface area (Å²) in [4.78, 5) is 0.